The lowest BCUT2D eigenvalue weighted by Gasteiger charge is -2.10. The van der Waals surface area contributed by atoms with E-state index >= 15 is 0 Å². The molecule has 0 aliphatic carbocycles. The van der Waals surface area contributed by atoms with Gasteiger partial charge in [-0.2, -0.15) is 5.10 Å². The lowest BCUT2D eigenvalue weighted by Crippen LogP contribution is -1.93. The van der Waals surface area contributed by atoms with Crippen LogP contribution in [0.25, 0.3) is 11.3 Å². The van der Waals surface area contributed by atoms with Crippen LogP contribution in [-0.4, -0.2) is 17.3 Å². The average Bonchev–Trinajstić information content (AvgIpc) is 2.69. The summed E-state index contributed by atoms with van der Waals surface area (Å²) in [6, 6.07) is 6.09. The van der Waals surface area contributed by atoms with E-state index in [2.05, 4.69) is 30.1 Å². The Bertz CT molecular complexity index is 515. The van der Waals surface area contributed by atoms with Crippen LogP contribution >= 0.6 is 0 Å². The second-order valence-electron chi connectivity index (χ2n) is 4.00. The molecule has 0 radical (unpaired) electrons. The van der Waals surface area contributed by atoms with E-state index in [9.17, 15) is 0 Å². The topological polar surface area (TPSA) is 37.9 Å². The molecule has 1 aromatic heterocycles. The lowest BCUT2D eigenvalue weighted by atomic mass is 10.00. The van der Waals surface area contributed by atoms with E-state index in [1.165, 1.54) is 11.1 Å². The predicted molar refractivity (Wildman–Crippen MR) is 64.8 cm³/mol. The molecule has 0 aliphatic rings. The molecule has 0 atom stereocenters. The van der Waals surface area contributed by atoms with Gasteiger partial charge >= 0.3 is 0 Å². The Labute approximate surface area is 95.5 Å². The molecule has 0 fully saturated rings. The van der Waals surface area contributed by atoms with Crippen molar-refractivity contribution in [3.8, 4) is 17.0 Å². The van der Waals surface area contributed by atoms with E-state index in [0.29, 0.717) is 0 Å². The molecule has 3 heteroatoms. The van der Waals surface area contributed by atoms with E-state index in [4.69, 9.17) is 4.74 Å². The van der Waals surface area contributed by atoms with E-state index in [-0.39, 0.29) is 0 Å². The molecular weight excluding hydrogens is 200 g/mol. The fourth-order valence-corrected chi connectivity index (χ4v) is 1.85. The van der Waals surface area contributed by atoms with E-state index in [1.807, 2.05) is 19.1 Å². The van der Waals surface area contributed by atoms with Crippen LogP contribution < -0.4 is 4.74 Å². The summed E-state index contributed by atoms with van der Waals surface area (Å²) >= 11 is 0. The van der Waals surface area contributed by atoms with Crippen molar-refractivity contribution in [3.05, 3.63) is 35.0 Å². The third kappa shape index (κ3) is 1.69. The minimum absolute atomic E-state index is 0.925. The zero-order chi connectivity index (χ0) is 11.7. The number of H-pyrrole nitrogens is 1. The largest absolute Gasteiger partial charge is 0.496 e. The summed E-state index contributed by atoms with van der Waals surface area (Å²) in [6.45, 7) is 6.16. The standard InChI is InChI=1S/C13H16N2O/c1-8-7-12(15-14-8)11-5-6-13(16-4)10(3)9(11)2/h5-7H,1-4H3,(H,14,15). The average molecular weight is 216 g/mol. The van der Waals surface area contributed by atoms with Crippen LogP contribution in [0.4, 0.5) is 0 Å². The molecule has 0 saturated carbocycles. The minimum atomic E-state index is 0.925. The van der Waals surface area contributed by atoms with Gasteiger partial charge in [-0.3, -0.25) is 5.10 Å². The fraction of sp³-hybridized carbons (Fsp3) is 0.308. The molecule has 0 unspecified atom stereocenters. The number of benzene rings is 1. The Balaban J connectivity index is 2.55. The number of aromatic nitrogens is 2. The third-order valence-electron chi connectivity index (χ3n) is 2.94. The molecule has 0 aliphatic heterocycles. The highest BCUT2D eigenvalue weighted by atomic mass is 16.5. The van der Waals surface area contributed by atoms with Gasteiger partial charge in [-0.05, 0) is 50.1 Å². The van der Waals surface area contributed by atoms with Gasteiger partial charge in [0.15, 0.2) is 0 Å². The van der Waals surface area contributed by atoms with Crippen LogP contribution in [0.3, 0.4) is 0 Å². The Kier molecular flexibility index (Phi) is 2.69. The maximum absolute atomic E-state index is 5.29. The van der Waals surface area contributed by atoms with Crippen LogP contribution in [0.1, 0.15) is 16.8 Å². The van der Waals surface area contributed by atoms with Crippen LogP contribution in [0.15, 0.2) is 18.2 Å². The molecule has 1 heterocycles. The Morgan fingerprint density at radius 1 is 1.12 bits per heavy atom. The maximum Gasteiger partial charge on any atom is 0.122 e. The number of aromatic amines is 1. The number of ether oxygens (including phenoxy) is 1. The highest BCUT2D eigenvalue weighted by Crippen LogP contribution is 2.30. The first kappa shape index (κ1) is 10.7. The Hall–Kier alpha value is -1.77. The van der Waals surface area contributed by atoms with Gasteiger partial charge in [-0.1, -0.05) is 0 Å². The van der Waals surface area contributed by atoms with Crippen molar-refractivity contribution in [3.63, 3.8) is 0 Å². The molecule has 2 rings (SSSR count). The molecule has 0 saturated heterocycles. The summed E-state index contributed by atoms with van der Waals surface area (Å²) in [5.41, 5.74) is 5.60. The van der Waals surface area contributed by atoms with Crippen LogP contribution in [0.5, 0.6) is 5.75 Å². The van der Waals surface area contributed by atoms with E-state index < -0.39 is 0 Å². The highest BCUT2D eigenvalue weighted by molar-refractivity contribution is 5.67. The monoisotopic (exact) mass is 216 g/mol. The molecule has 16 heavy (non-hydrogen) atoms. The van der Waals surface area contributed by atoms with Crippen molar-refractivity contribution < 1.29 is 4.74 Å². The van der Waals surface area contributed by atoms with E-state index in [0.717, 1.165) is 22.7 Å². The van der Waals surface area contributed by atoms with Gasteiger partial charge in [0.05, 0.1) is 12.8 Å². The van der Waals surface area contributed by atoms with Crippen molar-refractivity contribution in [2.45, 2.75) is 20.8 Å². The number of nitrogens with zero attached hydrogens (tertiary/aromatic N) is 1. The quantitative estimate of drug-likeness (QED) is 0.838. The third-order valence-corrected chi connectivity index (χ3v) is 2.94. The van der Waals surface area contributed by atoms with Gasteiger partial charge in [0.25, 0.3) is 0 Å². The zero-order valence-corrected chi connectivity index (χ0v) is 10.1. The van der Waals surface area contributed by atoms with Gasteiger partial charge in [0.2, 0.25) is 0 Å². The zero-order valence-electron chi connectivity index (χ0n) is 10.1. The number of hydrogen-bond donors (Lipinski definition) is 1. The van der Waals surface area contributed by atoms with Crippen LogP contribution in [0.2, 0.25) is 0 Å². The normalized spacial score (nSPS) is 10.5. The molecule has 1 N–H and O–H groups in total. The number of rotatable bonds is 2. The number of aryl methyl sites for hydroxylation is 1. The van der Waals surface area contributed by atoms with Gasteiger partial charge < -0.3 is 4.74 Å². The molecule has 3 nitrogen and oxygen atoms in total. The second-order valence-corrected chi connectivity index (χ2v) is 4.00. The van der Waals surface area contributed by atoms with Crippen molar-refractivity contribution in [2.24, 2.45) is 0 Å². The van der Waals surface area contributed by atoms with Gasteiger partial charge in [-0.15, -0.1) is 0 Å². The predicted octanol–water partition coefficient (Wildman–Crippen LogP) is 3.01. The minimum Gasteiger partial charge on any atom is -0.496 e. The molecule has 84 valence electrons. The van der Waals surface area contributed by atoms with Crippen molar-refractivity contribution >= 4 is 0 Å². The Morgan fingerprint density at radius 3 is 2.44 bits per heavy atom. The fourth-order valence-electron chi connectivity index (χ4n) is 1.85. The SMILES string of the molecule is COc1ccc(-c2cc(C)[nH]n2)c(C)c1C. The first-order valence-electron chi connectivity index (χ1n) is 5.30. The molecule has 0 amide bonds. The van der Waals surface area contributed by atoms with Gasteiger partial charge in [0, 0.05) is 11.3 Å². The molecule has 0 bridgehead atoms. The summed E-state index contributed by atoms with van der Waals surface area (Å²) < 4.78 is 5.29. The lowest BCUT2D eigenvalue weighted by molar-refractivity contribution is 0.411. The molecule has 0 spiro atoms. The first-order chi connectivity index (χ1) is 7.63. The molecular formula is C13H16N2O. The van der Waals surface area contributed by atoms with Gasteiger partial charge in [-0.25, -0.2) is 0 Å². The summed E-state index contributed by atoms with van der Waals surface area (Å²) in [7, 11) is 1.69. The van der Waals surface area contributed by atoms with E-state index in [1.54, 1.807) is 7.11 Å². The number of nitrogens with one attached hydrogen (secondary N) is 1. The number of methoxy groups -OCH3 is 1. The van der Waals surface area contributed by atoms with Crippen molar-refractivity contribution in [1.29, 1.82) is 0 Å². The first-order valence-corrected chi connectivity index (χ1v) is 5.30. The van der Waals surface area contributed by atoms with Gasteiger partial charge in [0.1, 0.15) is 5.75 Å². The highest BCUT2D eigenvalue weighted by Gasteiger charge is 2.10. The Morgan fingerprint density at radius 2 is 1.88 bits per heavy atom. The number of hydrogen-bond acceptors (Lipinski definition) is 2. The summed E-state index contributed by atoms with van der Waals surface area (Å²) in [5.74, 6) is 0.925. The smallest absolute Gasteiger partial charge is 0.122 e. The second kappa shape index (κ2) is 4.00. The van der Waals surface area contributed by atoms with Crippen molar-refractivity contribution in [1.82, 2.24) is 10.2 Å². The van der Waals surface area contributed by atoms with Crippen molar-refractivity contribution in [2.75, 3.05) is 7.11 Å². The van der Waals surface area contributed by atoms with Crippen LogP contribution in [-0.2, 0) is 0 Å². The molecule has 2 aromatic rings. The summed E-state index contributed by atoms with van der Waals surface area (Å²) in [6.07, 6.45) is 0. The van der Waals surface area contributed by atoms with Crippen LogP contribution in [0, 0.1) is 20.8 Å². The molecule has 1 aromatic carbocycles. The summed E-state index contributed by atoms with van der Waals surface area (Å²) in [4.78, 5) is 0. The summed E-state index contributed by atoms with van der Waals surface area (Å²) in [5, 5.41) is 7.24. The maximum atomic E-state index is 5.29.